The van der Waals surface area contributed by atoms with Crippen LogP contribution in [0.25, 0.3) is 0 Å². The molecule has 0 saturated carbocycles. The molecular formula is C17H36NO. The van der Waals surface area contributed by atoms with Gasteiger partial charge in [0.25, 0.3) is 0 Å². The summed E-state index contributed by atoms with van der Waals surface area (Å²) in [4.78, 5) is 13.0. The van der Waals surface area contributed by atoms with Crippen molar-refractivity contribution in [1.29, 1.82) is 0 Å². The van der Waals surface area contributed by atoms with Crippen molar-refractivity contribution in [1.82, 2.24) is 4.90 Å². The fraction of sp³-hybridized carbons (Fsp3) is 0.882. The molecule has 0 saturated heterocycles. The van der Waals surface area contributed by atoms with Crippen LogP contribution in [0.3, 0.4) is 0 Å². The Balaban J connectivity index is 0. The molecule has 0 aromatic rings. The minimum atomic E-state index is 0.318. The van der Waals surface area contributed by atoms with Crippen molar-refractivity contribution in [3.8, 4) is 0 Å². The highest BCUT2D eigenvalue weighted by Crippen LogP contribution is 2.10. The average Bonchev–Trinajstić information content (AvgIpc) is 2.36. The summed E-state index contributed by atoms with van der Waals surface area (Å²) in [6.07, 6.45) is 13.1. The zero-order chi connectivity index (χ0) is 14.9. The number of unbranched alkanes of at least 4 members (excludes halogenated alkanes) is 8. The quantitative estimate of drug-likeness (QED) is 0.499. The van der Waals surface area contributed by atoms with Crippen LogP contribution < -0.4 is 0 Å². The maximum atomic E-state index is 11.0. The largest absolute Gasteiger partial charge is 0.312 e. The number of hydrogen-bond acceptors (Lipinski definition) is 2. The van der Waals surface area contributed by atoms with Crippen molar-refractivity contribution in [2.24, 2.45) is 0 Å². The molecule has 19 heavy (non-hydrogen) atoms. The summed E-state index contributed by atoms with van der Waals surface area (Å²) >= 11 is 0. The van der Waals surface area contributed by atoms with E-state index in [1.54, 1.807) is 0 Å². The van der Waals surface area contributed by atoms with Gasteiger partial charge in [-0.05, 0) is 34.5 Å². The maximum absolute atomic E-state index is 11.0. The van der Waals surface area contributed by atoms with Gasteiger partial charge < -0.3 is 4.90 Å². The van der Waals surface area contributed by atoms with E-state index in [9.17, 15) is 4.79 Å². The Morgan fingerprint density at radius 3 is 1.58 bits per heavy atom. The number of Topliss-reactive ketones (excluding diaryl/α,β-unsaturated/α-hetero) is 1. The fourth-order valence-corrected chi connectivity index (χ4v) is 1.76. The third kappa shape index (κ3) is 27.0. The van der Waals surface area contributed by atoms with Crippen LogP contribution in [0.1, 0.15) is 77.6 Å². The zero-order valence-corrected chi connectivity index (χ0v) is 13.8. The van der Waals surface area contributed by atoms with Gasteiger partial charge in [-0.1, -0.05) is 58.3 Å². The highest BCUT2D eigenvalue weighted by Gasteiger charge is 1.97. The standard InChI is InChI=1S/C14H27O.C3H9N/c1-3-5-6-7-8-9-10-11-12-13-14(15)4-2;1-4(2)3/h2-13H2,1H3;1-3H3. The van der Waals surface area contributed by atoms with E-state index in [0.29, 0.717) is 12.2 Å². The number of nitrogens with zero attached hydrogens (tertiary/aromatic N) is 1. The Kier molecular flexibility index (Phi) is 19.4. The summed E-state index contributed by atoms with van der Waals surface area (Å²) < 4.78 is 0. The lowest BCUT2D eigenvalue weighted by Crippen LogP contribution is -1.99. The Labute approximate surface area is 122 Å². The molecule has 0 bridgehead atoms. The van der Waals surface area contributed by atoms with Crippen molar-refractivity contribution < 1.29 is 4.79 Å². The molecule has 0 fully saturated rings. The summed E-state index contributed by atoms with van der Waals surface area (Å²) in [7, 11) is 6.00. The molecule has 0 spiro atoms. The topological polar surface area (TPSA) is 20.3 Å². The second kappa shape index (κ2) is 17.6. The monoisotopic (exact) mass is 270 g/mol. The van der Waals surface area contributed by atoms with Crippen LogP contribution >= 0.6 is 0 Å². The second-order valence-electron chi connectivity index (χ2n) is 5.71. The first-order chi connectivity index (χ1) is 9.04. The Morgan fingerprint density at radius 2 is 1.21 bits per heavy atom. The smallest absolute Gasteiger partial charge is 0.132 e. The van der Waals surface area contributed by atoms with Gasteiger partial charge in [0, 0.05) is 12.8 Å². The number of carbonyl (C=O) groups is 1. The van der Waals surface area contributed by atoms with Gasteiger partial charge in [0.2, 0.25) is 0 Å². The molecule has 115 valence electrons. The first-order valence-corrected chi connectivity index (χ1v) is 7.96. The molecule has 0 aromatic heterocycles. The molecule has 1 radical (unpaired) electrons. The number of hydrogen-bond donors (Lipinski definition) is 0. The molecule has 0 unspecified atom stereocenters. The first-order valence-electron chi connectivity index (χ1n) is 7.96. The van der Waals surface area contributed by atoms with Crippen molar-refractivity contribution >= 4 is 5.78 Å². The van der Waals surface area contributed by atoms with E-state index >= 15 is 0 Å². The molecule has 0 heterocycles. The van der Waals surface area contributed by atoms with Gasteiger partial charge in [-0.3, -0.25) is 4.79 Å². The van der Waals surface area contributed by atoms with Gasteiger partial charge in [0.1, 0.15) is 5.78 Å². The Morgan fingerprint density at radius 1 is 0.842 bits per heavy atom. The summed E-state index contributed by atoms with van der Waals surface area (Å²) in [6.45, 7) is 5.84. The summed E-state index contributed by atoms with van der Waals surface area (Å²) in [6, 6.07) is 0. The van der Waals surface area contributed by atoms with Crippen LogP contribution in [-0.4, -0.2) is 31.8 Å². The lowest BCUT2D eigenvalue weighted by molar-refractivity contribution is -0.118. The fourth-order valence-electron chi connectivity index (χ4n) is 1.76. The highest BCUT2D eigenvalue weighted by atomic mass is 16.1. The second-order valence-corrected chi connectivity index (χ2v) is 5.71. The molecule has 0 amide bonds. The van der Waals surface area contributed by atoms with Crippen LogP contribution in [-0.2, 0) is 4.79 Å². The number of rotatable bonds is 11. The molecule has 0 aliphatic rings. The third-order valence-corrected chi connectivity index (χ3v) is 2.84. The van der Waals surface area contributed by atoms with Crippen molar-refractivity contribution in [3.63, 3.8) is 0 Å². The molecule has 0 atom stereocenters. The number of carbonyl (C=O) groups excluding carboxylic acids is 1. The summed E-state index contributed by atoms with van der Waals surface area (Å²) in [5, 5.41) is 0. The molecule has 0 aromatic carbocycles. The van der Waals surface area contributed by atoms with Crippen LogP contribution in [0, 0.1) is 6.92 Å². The molecular weight excluding hydrogens is 234 g/mol. The van der Waals surface area contributed by atoms with Gasteiger partial charge in [-0.25, -0.2) is 0 Å². The van der Waals surface area contributed by atoms with E-state index in [4.69, 9.17) is 0 Å². The SMILES string of the molecule is CN(C)C.[CH2]CC(=O)CCCCCCCCCCC. The Bertz CT molecular complexity index is 175. The molecule has 2 heteroatoms. The highest BCUT2D eigenvalue weighted by molar-refractivity contribution is 5.78. The van der Waals surface area contributed by atoms with E-state index in [2.05, 4.69) is 13.8 Å². The summed E-state index contributed by atoms with van der Waals surface area (Å²) in [5.41, 5.74) is 0. The molecule has 2 nitrogen and oxygen atoms in total. The van der Waals surface area contributed by atoms with Crippen LogP contribution in [0.15, 0.2) is 0 Å². The minimum Gasteiger partial charge on any atom is -0.312 e. The predicted molar refractivity (Wildman–Crippen MR) is 86.4 cm³/mol. The van der Waals surface area contributed by atoms with Crippen molar-refractivity contribution in [3.05, 3.63) is 6.92 Å². The Hall–Kier alpha value is -0.370. The lowest BCUT2D eigenvalue weighted by Gasteiger charge is -2.01. The lowest BCUT2D eigenvalue weighted by atomic mass is 10.1. The molecule has 0 aliphatic carbocycles. The molecule has 0 aliphatic heterocycles. The van der Waals surface area contributed by atoms with E-state index in [1.165, 1.54) is 51.4 Å². The van der Waals surface area contributed by atoms with E-state index < -0.39 is 0 Å². The minimum absolute atomic E-state index is 0.318. The first kappa shape index (κ1) is 20.9. The number of ketones is 1. The van der Waals surface area contributed by atoms with Crippen LogP contribution in [0.2, 0.25) is 0 Å². The van der Waals surface area contributed by atoms with Gasteiger partial charge >= 0.3 is 0 Å². The van der Waals surface area contributed by atoms with E-state index in [1.807, 2.05) is 26.0 Å². The van der Waals surface area contributed by atoms with Gasteiger partial charge in [-0.15, -0.1) is 0 Å². The zero-order valence-electron chi connectivity index (χ0n) is 13.8. The molecule has 0 N–H and O–H groups in total. The van der Waals surface area contributed by atoms with Crippen LogP contribution in [0.4, 0.5) is 0 Å². The van der Waals surface area contributed by atoms with E-state index in [-0.39, 0.29) is 0 Å². The maximum Gasteiger partial charge on any atom is 0.132 e. The molecule has 0 rings (SSSR count). The third-order valence-electron chi connectivity index (χ3n) is 2.84. The normalized spacial score (nSPS) is 10.2. The average molecular weight is 270 g/mol. The summed E-state index contributed by atoms with van der Waals surface area (Å²) in [5.74, 6) is 0.318. The van der Waals surface area contributed by atoms with Crippen molar-refractivity contribution in [2.75, 3.05) is 21.1 Å². The predicted octanol–water partition coefficient (Wildman–Crippen LogP) is 4.88. The van der Waals surface area contributed by atoms with Gasteiger partial charge in [-0.2, -0.15) is 0 Å². The van der Waals surface area contributed by atoms with E-state index in [0.717, 1.165) is 12.8 Å². The van der Waals surface area contributed by atoms with Crippen molar-refractivity contribution in [2.45, 2.75) is 77.6 Å². The van der Waals surface area contributed by atoms with Gasteiger partial charge in [0.05, 0.1) is 0 Å². The van der Waals surface area contributed by atoms with Crippen LogP contribution in [0.5, 0.6) is 0 Å². The van der Waals surface area contributed by atoms with Gasteiger partial charge in [0.15, 0.2) is 0 Å².